The van der Waals surface area contributed by atoms with Gasteiger partial charge in [-0.25, -0.2) is 0 Å². The highest BCUT2D eigenvalue weighted by atomic mass is 16.6. The molecule has 0 aliphatic carbocycles. The van der Waals surface area contributed by atoms with E-state index in [1.54, 1.807) is 0 Å². The van der Waals surface area contributed by atoms with Gasteiger partial charge < -0.3 is 24.8 Å². The van der Waals surface area contributed by atoms with Crippen LogP contribution in [0.5, 0.6) is 0 Å². The quantitative estimate of drug-likeness (QED) is 0.163. The van der Waals surface area contributed by atoms with Gasteiger partial charge in [-0.1, -0.05) is 57.6 Å². The Morgan fingerprint density at radius 1 is 0.833 bits per heavy atom. The molecule has 176 valence electrons. The summed E-state index contributed by atoms with van der Waals surface area (Å²) in [7, 11) is 0. The van der Waals surface area contributed by atoms with Crippen molar-refractivity contribution >= 4 is 11.9 Å². The fourth-order valence-corrected chi connectivity index (χ4v) is 2.89. The first-order valence-corrected chi connectivity index (χ1v) is 11.3. The molecule has 0 bridgehead atoms. The second kappa shape index (κ2) is 19.5. The van der Waals surface area contributed by atoms with Crippen molar-refractivity contribution in [2.45, 2.75) is 109 Å². The van der Waals surface area contributed by atoms with Gasteiger partial charge in [-0.05, 0) is 32.1 Å². The monoisotopic (exact) mass is 430 g/mol. The first-order chi connectivity index (χ1) is 14.4. The van der Waals surface area contributed by atoms with E-state index in [0.717, 1.165) is 32.1 Å². The number of carbonyl (C=O) groups excluding carboxylic acids is 2. The molecule has 30 heavy (non-hydrogen) atoms. The van der Waals surface area contributed by atoms with E-state index < -0.39 is 24.3 Å². The van der Waals surface area contributed by atoms with Gasteiger partial charge in [0, 0.05) is 13.3 Å². The SMILES string of the molecule is CCCCC/C=C\C[C@@H](O)[C@H](O)CCCCCCCC(=O)OC[C@@H](O)COC(C)=O. The Morgan fingerprint density at radius 3 is 2.20 bits per heavy atom. The predicted molar refractivity (Wildman–Crippen MR) is 116 cm³/mol. The zero-order valence-corrected chi connectivity index (χ0v) is 18.8. The number of aliphatic hydroxyl groups excluding tert-OH is 3. The van der Waals surface area contributed by atoms with Crippen molar-refractivity contribution in [2.24, 2.45) is 0 Å². The second-order valence-corrected chi connectivity index (χ2v) is 7.78. The zero-order chi connectivity index (χ0) is 22.6. The molecule has 0 amide bonds. The summed E-state index contributed by atoms with van der Waals surface area (Å²) in [5.41, 5.74) is 0. The molecule has 0 radical (unpaired) electrons. The molecule has 0 aromatic carbocycles. The third kappa shape index (κ3) is 18.6. The molecular formula is C23H42O7. The molecule has 0 aromatic heterocycles. The summed E-state index contributed by atoms with van der Waals surface area (Å²) in [5.74, 6) is -0.866. The van der Waals surface area contributed by atoms with Crippen LogP contribution in [0.25, 0.3) is 0 Å². The Labute approximate surface area is 181 Å². The van der Waals surface area contributed by atoms with Gasteiger partial charge in [0.05, 0.1) is 12.2 Å². The van der Waals surface area contributed by atoms with Crippen LogP contribution in [-0.4, -0.2) is 58.8 Å². The molecule has 0 heterocycles. The van der Waals surface area contributed by atoms with Gasteiger partial charge in [0.15, 0.2) is 0 Å². The van der Waals surface area contributed by atoms with Crippen molar-refractivity contribution in [1.29, 1.82) is 0 Å². The van der Waals surface area contributed by atoms with Gasteiger partial charge in [0.25, 0.3) is 0 Å². The number of ether oxygens (including phenoxy) is 2. The summed E-state index contributed by atoms with van der Waals surface area (Å²) in [4.78, 5) is 22.2. The number of allylic oxidation sites excluding steroid dienone is 1. The van der Waals surface area contributed by atoms with Crippen LogP contribution in [0.4, 0.5) is 0 Å². The minimum Gasteiger partial charge on any atom is -0.463 e. The van der Waals surface area contributed by atoms with E-state index in [9.17, 15) is 24.9 Å². The van der Waals surface area contributed by atoms with Crippen LogP contribution in [0.2, 0.25) is 0 Å². The Morgan fingerprint density at radius 2 is 1.50 bits per heavy atom. The highest BCUT2D eigenvalue weighted by Crippen LogP contribution is 2.13. The molecule has 0 saturated heterocycles. The van der Waals surface area contributed by atoms with E-state index in [1.165, 1.54) is 26.2 Å². The van der Waals surface area contributed by atoms with Gasteiger partial charge in [-0.2, -0.15) is 0 Å². The lowest BCUT2D eigenvalue weighted by Crippen LogP contribution is -2.25. The highest BCUT2D eigenvalue weighted by Gasteiger charge is 2.14. The standard InChI is InChI=1S/C23H42O7/c1-3-4-5-6-8-11-14-21(26)22(27)15-12-9-7-10-13-16-23(28)30-18-20(25)17-29-19(2)24/h8,11,20-22,25-27H,3-7,9-10,12-18H2,1-2H3/b11-8-/t20-,21+,22+/m0/s1. The van der Waals surface area contributed by atoms with E-state index in [1.807, 2.05) is 6.08 Å². The molecule has 0 fully saturated rings. The van der Waals surface area contributed by atoms with Crippen LogP contribution < -0.4 is 0 Å². The van der Waals surface area contributed by atoms with Crippen molar-refractivity contribution in [3.8, 4) is 0 Å². The van der Waals surface area contributed by atoms with Crippen molar-refractivity contribution in [3.05, 3.63) is 12.2 Å². The zero-order valence-electron chi connectivity index (χ0n) is 18.8. The average molecular weight is 431 g/mol. The molecule has 0 aliphatic heterocycles. The molecule has 3 N–H and O–H groups in total. The predicted octanol–water partition coefficient (Wildman–Crippen LogP) is 3.43. The number of aliphatic hydroxyl groups is 3. The van der Waals surface area contributed by atoms with Gasteiger partial charge in [0.2, 0.25) is 0 Å². The molecule has 0 aromatic rings. The number of hydrogen-bond donors (Lipinski definition) is 3. The highest BCUT2D eigenvalue weighted by molar-refractivity contribution is 5.69. The first kappa shape index (κ1) is 28.6. The van der Waals surface area contributed by atoms with E-state index in [-0.39, 0.29) is 25.6 Å². The molecule has 0 saturated carbocycles. The molecule has 0 spiro atoms. The summed E-state index contributed by atoms with van der Waals surface area (Å²) in [6.07, 6.45) is 11.9. The third-order valence-electron chi connectivity index (χ3n) is 4.76. The number of carbonyl (C=O) groups is 2. The summed E-state index contributed by atoms with van der Waals surface area (Å²) >= 11 is 0. The molecule has 0 unspecified atom stereocenters. The maximum absolute atomic E-state index is 11.6. The van der Waals surface area contributed by atoms with E-state index in [4.69, 9.17) is 4.74 Å². The third-order valence-corrected chi connectivity index (χ3v) is 4.76. The number of rotatable bonds is 19. The minimum atomic E-state index is -1.00. The fourth-order valence-electron chi connectivity index (χ4n) is 2.89. The van der Waals surface area contributed by atoms with Gasteiger partial charge in [0.1, 0.15) is 19.3 Å². The van der Waals surface area contributed by atoms with Gasteiger partial charge in [-0.15, -0.1) is 0 Å². The Balaban J connectivity index is 3.58. The lowest BCUT2D eigenvalue weighted by molar-refractivity contribution is -0.151. The molecule has 0 aliphatic rings. The van der Waals surface area contributed by atoms with Crippen LogP contribution in [0, 0.1) is 0 Å². The Hall–Kier alpha value is -1.44. The summed E-state index contributed by atoms with van der Waals surface area (Å²) in [5, 5.41) is 29.5. The maximum Gasteiger partial charge on any atom is 0.305 e. The summed E-state index contributed by atoms with van der Waals surface area (Å²) in [6.45, 7) is 3.05. The fraction of sp³-hybridized carbons (Fsp3) is 0.826. The second-order valence-electron chi connectivity index (χ2n) is 7.78. The summed E-state index contributed by atoms with van der Waals surface area (Å²) in [6, 6.07) is 0. The van der Waals surface area contributed by atoms with Crippen LogP contribution in [0.3, 0.4) is 0 Å². The van der Waals surface area contributed by atoms with Crippen molar-refractivity contribution in [1.82, 2.24) is 0 Å². The van der Waals surface area contributed by atoms with E-state index in [0.29, 0.717) is 19.3 Å². The maximum atomic E-state index is 11.6. The van der Waals surface area contributed by atoms with Crippen LogP contribution in [0.15, 0.2) is 12.2 Å². The van der Waals surface area contributed by atoms with Crippen LogP contribution >= 0.6 is 0 Å². The molecule has 7 heteroatoms. The van der Waals surface area contributed by atoms with E-state index in [2.05, 4.69) is 17.7 Å². The molecule has 3 atom stereocenters. The van der Waals surface area contributed by atoms with Crippen molar-refractivity contribution in [2.75, 3.05) is 13.2 Å². The number of hydrogen-bond acceptors (Lipinski definition) is 7. The number of esters is 2. The largest absolute Gasteiger partial charge is 0.463 e. The van der Waals surface area contributed by atoms with Crippen molar-refractivity contribution < 1.29 is 34.4 Å². The molecular weight excluding hydrogens is 388 g/mol. The van der Waals surface area contributed by atoms with Crippen LogP contribution in [0.1, 0.15) is 90.9 Å². The average Bonchev–Trinajstić information content (AvgIpc) is 2.72. The van der Waals surface area contributed by atoms with Crippen molar-refractivity contribution in [3.63, 3.8) is 0 Å². The van der Waals surface area contributed by atoms with Crippen LogP contribution in [-0.2, 0) is 19.1 Å². The lowest BCUT2D eigenvalue weighted by Gasteiger charge is -2.16. The molecule has 7 nitrogen and oxygen atoms in total. The smallest absolute Gasteiger partial charge is 0.305 e. The first-order valence-electron chi connectivity index (χ1n) is 11.3. The topological polar surface area (TPSA) is 113 Å². The minimum absolute atomic E-state index is 0.180. The normalized spacial score (nSPS) is 14.4. The lowest BCUT2D eigenvalue weighted by atomic mass is 10.0. The Bertz CT molecular complexity index is 464. The molecule has 0 rings (SSSR count). The van der Waals surface area contributed by atoms with E-state index >= 15 is 0 Å². The number of unbranched alkanes of at least 4 members (excludes halogenated alkanes) is 7. The van der Waals surface area contributed by atoms with Gasteiger partial charge in [-0.3, -0.25) is 9.59 Å². The summed E-state index contributed by atoms with van der Waals surface area (Å²) < 4.78 is 9.56. The Kier molecular flexibility index (Phi) is 18.6. The van der Waals surface area contributed by atoms with Gasteiger partial charge >= 0.3 is 11.9 Å².